The number of hydrogen-bond donors (Lipinski definition) is 2. The van der Waals surface area contributed by atoms with Gasteiger partial charge in [0.15, 0.2) is 0 Å². The predicted molar refractivity (Wildman–Crippen MR) is 125 cm³/mol. The smallest absolute Gasteiger partial charge is 0.313 e. The van der Waals surface area contributed by atoms with Gasteiger partial charge in [-0.05, 0) is 36.2 Å². The van der Waals surface area contributed by atoms with E-state index in [2.05, 4.69) is 15.3 Å². The number of benzene rings is 1. The topological polar surface area (TPSA) is 120 Å². The van der Waals surface area contributed by atoms with E-state index >= 15 is 0 Å². The van der Waals surface area contributed by atoms with Gasteiger partial charge in [0, 0.05) is 30.3 Å². The first-order valence-corrected chi connectivity index (χ1v) is 11.2. The number of nitrogens with zero attached hydrogens (tertiary/aromatic N) is 3. The van der Waals surface area contributed by atoms with Crippen molar-refractivity contribution in [2.24, 2.45) is 0 Å². The molecule has 5 rings (SSSR count). The fraction of sp³-hybridized carbons (Fsp3) is 0.280. The van der Waals surface area contributed by atoms with Gasteiger partial charge in [-0.25, -0.2) is 9.37 Å². The number of halogens is 1. The lowest BCUT2D eigenvalue weighted by Crippen LogP contribution is -2.41. The van der Waals surface area contributed by atoms with Gasteiger partial charge in [0.05, 0.1) is 43.4 Å². The minimum Gasteiger partial charge on any atom is -0.493 e. The zero-order valence-electron chi connectivity index (χ0n) is 19.1. The lowest BCUT2D eigenvalue weighted by atomic mass is 10.1. The quantitative estimate of drug-likeness (QED) is 0.542. The van der Waals surface area contributed by atoms with Gasteiger partial charge in [-0.15, -0.1) is 0 Å². The third kappa shape index (κ3) is 4.40. The normalized spacial score (nSPS) is 14.6. The van der Waals surface area contributed by atoms with Gasteiger partial charge in [0.1, 0.15) is 17.4 Å². The minimum atomic E-state index is -0.877. The summed E-state index contributed by atoms with van der Waals surface area (Å²) < 4.78 is 25.5. The van der Waals surface area contributed by atoms with E-state index in [4.69, 9.17) is 15.2 Å². The zero-order chi connectivity index (χ0) is 24.5. The van der Waals surface area contributed by atoms with Crippen LogP contribution < -0.4 is 15.8 Å². The van der Waals surface area contributed by atoms with Crippen LogP contribution in [-0.2, 0) is 40.5 Å². The summed E-state index contributed by atoms with van der Waals surface area (Å²) in [5.74, 6) is -1.14. The third-order valence-corrected chi connectivity index (χ3v) is 6.28. The van der Waals surface area contributed by atoms with Crippen LogP contribution in [0.25, 0.3) is 0 Å². The number of carbonyl (C=O) groups is 2. The molecule has 0 spiro atoms. The molecule has 0 saturated heterocycles. The molecule has 9 nitrogen and oxygen atoms in total. The Balaban J connectivity index is 1.44. The first-order chi connectivity index (χ1) is 16.9. The SMILES string of the molecule is CC(c1ncccc1F)N(Cc1ccc2c(c1)CCO2)C(=O)C(=O)Nc1cnc(N)c2c1COC2. The number of fused-ring (bicyclic) bond motifs is 2. The molecule has 0 fully saturated rings. The Bertz CT molecular complexity index is 1320. The summed E-state index contributed by atoms with van der Waals surface area (Å²) in [6.07, 6.45) is 3.62. The van der Waals surface area contributed by atoms with E-state index in [1.54, 1.807) is 6.92 Å². The fourth-order valence-corrected chi connectivity index (χ4v) is 4.37. The summed E-state index contributed by atoms with van der Waals surface area (Å²) in [5, 5.41) is 2.64. The molecule has 3 N–H and O–H groups in total. The average Bonchev–Trinajstić information content (AvgIpc) is 3.54. The van der Waals surface area contributed by atoms with Gasteiger partial charge in [-0.2, -0.15) is 0 Å². The number of pyridine rings is 2. The van der Waals surface area contributed by atoms with Crippen LogP contribution in [0.3, 0.4) is 0 Å². The van der Waals surface area contributed by atoms with Crippen LogP contribution in [-0.4, -0.2) is 33.3 Å². The monoisotopic (exact) mass is 477 g/mol. The molecule has 2 amide bonds. The number of carbonyl (C=O) groups excluding carboxylic acids is 2. The molecule has 1 unspecified atom stereocenters. The van der Waals surface area contributed by atoms with E-state index in [0.717, 1.165) is 23.3 Å². The summed E-state index contributed by atoms with van der Waals surface area (Å²) in [4.78, 5) is 36.1. The van der Waals surface area contributed by atoms with E-state index in [1.807, 2.05) is 18.2 Å². The molecule has 2 aliphatic heterocycles. The average molecular weight is 477 g/mol. The summed E-state index contributed by atoms with van der Waals surface area (Å²) >= 11 is 0. The van der Waals surface area contributed by atoms with Gasteiger partial charge in [-0.3, -0.25) is 14.6 Å². The molecule has 0 aliphatic carbocycles. The molecule has 1 aromatic carbocycles. The maximum atomic E-state index is 14.6. The second-order valence-electron chi connectivity index (χ2n) is 8.48. The van der Waals surface area contributed by atoms with Crippen LogP contribution in [0.5, 0.6) is 5.75 Å². The molecule has 0 saturated carbocycles. The maximum Gasteiger partial charge on any atom is 0.313 e. The van der Waals surface area contributed by atoms with Crippen molar-refractivity contribution in [2.45, 2.75) is 39.1 Å². The Labute approximate surface area is 201 Å². The number of nitrogens with one attached hydrogen (secondary N) is 1. The van der Waals surface area contributed by atoms with Crippen molar-refractivity contribution < 1.29 is 23.5 Å². The number of hydrogen-bond acceptors (Lipinski definition) is 7. The summed E-state index contributed by atoms with van der Waals surface area (Å²) in [7, 11) is 0. The molecule has 3 aromatic rings. The van der Waals surface area contributed by atoms with Crippen LogP contribution in [0.1, 0.15) is 40.9 Å². The van der Waals surface area contributed by atoms with Crippen LogP contribution >= 0.6 is 0 Å². The molecular weight excluding hydrogens is 453 g/mol. The highest BCUT2D eigenvalue weighted by atomic mass is 19.1. The molecule has 2 aliphatic rings. The summed E-state index contributed by atoms with van der Waals surface area (Å²) in [6, 6.07) is 7.56. The number of nitrogen functional groups attached to an aromatic ring is 1. The van der Waals surface area contributed by atoms with E-state index in [1.165, 1.54) is 29.4 Å². The second kappa shape index (κ2) is 9.30. The van der Waals surface area contributed by atoms with E-state index in [9.17, 15) is 14.0 Å². The highest BCUT2D eigenvalue weighted by molar-refractivity contribution is 6.39. The van der Waals surface area contributed by atoms with Crippen LogP contribution in [0, 0.1) is 5.82 Å². The Morgan fingerprint density at radius 2 is 2.06 bits per heavy atom. The van der Waals surface area contributed by atoms with Crippen LogP contribution in [0.2, 0.25) is 0 Å². The van der Waals surface area contributed by atoms with Gasteiger partial charge in [0.25, 0.3) is 0 Å². The Hall–Kier alpha value is -4.05. The molecule has 180 valence electrons. The number of anilines is 2. The van der Waals surface area contributed by atoms with E-state index in [0.29, 0.717) is 29.2 Å². The number of amides is 2. The molecule has 10 heteroatoms. The van der Waals surface area contributed by atoms with Gasteiger partial charge < -0.3 is 25.4 Å². The second-order valence-corrected chi connectivity index (χ2v) is 8.48. The first-order valence-electron chi connectivity index (χ1n) is 11.2. The van der Waals surface area contributed by atoms with Crippen molar-refractivity contribution in [3.63, 3.8) is 0 Å². The van der Waals surface area contributed by atoms with Gasteiger partial charge in [0.2, 0.25) is 0 Å². The largest absolute Gasteiger partial charge is 0.493 e. The predicted octanol–water partition coefficient (Wildman–Crippen LogP) is 2.89. The maximum absolute atomic E-state index is 14.6. The molecule has 35 heavy (non-hydrogen) atoms. The van der Waals surface area contributed by atoms with Gasteiger partial charge >= 0.3 is 11.8 Å². The Morgan fingerprint density at radius 1 is 1.23 bits per heavy atom. The first kappa shape index (κ1) is 22.7. The molecule has 4 heterocycles. The highest BCUT2D eigenvalue weighted by Gasteiger charge is 2.31. The van der Waals surface area contributed by atoms with Gasteiger partial charge in [-0.1, -0.05) is 12.1 Å². The highest BCUT2D eigenvalue weighted by Crippen LogP contribution is 2.31. The lowest BCUT2D eigenvalue weighted by molar-refractivity contribution is -0.145. The minimum absolute atomic E-state index is 0.0709. The molecule has 0 radical (unpaired) electrons. The molecule has 1 atom stereocenters. The van der Waals surface area contributed by atoms with Crippen molar-refractivity contribution in [2.75, 3.05) is 17.7 Å². The van der Waals surface area contributed by atoms with Crippen molar-refractivity contribution in [3.8, 4) is 5.75 Å². The number of aromatic nitrogens is 2. The van der Waals surface area contributed by atoms with Crippen molar-refractivity contribution >= 4 is 23.3 Å². The lowest BCUT2D eigenvalue weighted by Gasteiger charge is -2.29. The molecule has 2 aromatic heterocycles. The van der Waals surface area contributed by atoms with Crippen molar-refractivity contribution in [1.82, 2.24) is 14.9 Å². The Kier molecular flexibility index (Phi) is 6.04. The van der Waals surface area contributed by atoms with E-state index in [-0.39, 0.29) is 25.5 Å². The number of rotatable bonds is 5. The molecular formula is C25H24FN5O4. The number of nitrogens with two attached hydrogens (primary N) is 1. The molecule has 0 bridgehead atoms. The summed E-state index contributed by atoms with van der Waals surface area (Å²) in [6.45, 7) is 2.86. The third-order valence-electron chi connectivity index (χ3n) is 6.28. The Morgan fingerprint density at radius 3 is 2.89 bits per heavy atom. The van der Waals surface area contributed by atoms with Crippen molar-refractivity contribution in [3.05, 3.63) is 76.5 Å². The van der Waals surface area contributed by atoms with E-state index < -0.39 is 23.7 Å². The standard InChI is InChI=1S/C25H24FN5O4/c1-14(22-19(26)3-2-7-28-22)31(11-15-4-5-21-16(9-15)6-8-35-21)25(33)24(32)30-20-10-29-23(27)18-13-34-12-17(18)20/h2-5,7,9-10,14H,6,8,11-13H2,1H3,(H2,27,29)(H,30,32). The van der Waals surface area contributed by atoms with Crippen LogP contribution in [0.4, 0.5) is 15.9 Å². The zero-order valence-corrected chi connectivity index (χ0v) is 19.1. The number of ether oxygens (including phenoxy) is 2. The fourth-order valence-electron chi connectivity index (χ4n) is 4.37. The summed E-state index contributed by atoms with van der Waals surface area (Å²) in [5.41, 5.74) is 9.52. The van der Waals surface area contributed by atoms with Crippen LogP contribution in [0.15, 0.2) is 42.7 Å². The van der Waals surface area contributed by atoms with Crippen molar-refractivity contribution in [1.29, 1.82) is 0 Å².